The Labute approximate surface area is 109 Å². The molecule has 0 heteroatoms. The van der Waals surface area contributed by atoms with Gasteiger partial charge >= 0.3 is 0 Å². The molecule has 0 amide bonds. The van der Waals surface area contributed by atoms with Crippen LogP contribution in [0.25, 0.3) is 0 Å². The fourth-order valence-electron chi connectivity index (χ4n) is 1.99. The first-order chi connectivity index (χ1) is 8.07. The molecule has 0 unspecified atom stereocenters. The molecule has 0 aromatic rings. The summed E-state index contributed by atoms with van der Waals surface area (Å²) in [5.41, 5.74) is 4.04. The van der Waals surface area contributed by atoms with Crippen LogP contribution in [-0.2, 0) is 0 Å². The standard InChI is InChI=1S/C11H18.C6H12/c1-6-7-10(4)11(5)8-9(2)3;1-2-4-6-5-3-1/h6-8H,1-5H3;1-6H2/b7-6+,11-10-;. The van der Waals surface area contributed by atoms with E-state index in [9.17, 15) is 0 Å². The Kier molecular flexibility index (Phi) is 9.90. The molecule has 0 aromatic carbocycles. The number of hydrogen-bond donors (Lipinski definition) is 0. The molecule has 1 rings (SSSR count). The molecule has 0 heterocycles. The summed E-state index contributed by atoms with van der Waals surface area (Å²) in [7, 11) is 0. The highest BCUT2D eigenvalue weighted by Gasteiger charge is 1.95. The van der Waals surface area contributed by atoms with Gasteiger partial charge in [0.15, 0.2) is 0 Å². The average molecular weight is 234 g/mol. The van der Waals surface area contributed by atoms with Gasteiger partial charge in [-0.3, -0.25) is 0 Å². The molecule has 0 aromatic heterocycles. The van der Waals surface area contributed by atoms with E-state index in [1.54, 1.807) is 0 Å². The number of rotatable bonds is 2. The van der Waals surface area contributed by atoms with E-state index in [1.807, 2.05) is 6.92 Å². The second kappa shape index (κ2) is 10.4. The van der Waals surface area contributed by atoms with E-state index < -0.39 is 0 Å². The average Bonchev–Trinajstić information content (AvgIpc) is 2.31. The Balaban J connectivity index is 0.000000354. The van der Waals surface area contributed by atoms with E-state index in [4.69, 9.17) is 0 Å². The molecule has 0 radical (unpaired) electrons. The lowest BCUT2D eigenvalue weighted by atomic mass is 10.0. The van der Waals surface area contributed by atoms with Crippen LogP contribution in [-0.4, -0.2) is 0 Å². The van der Waals surface area contributed by atoms with Gasteiger partial charge in [0.1, 0.15) is 0 Å². The summed E-state index contributed by atoms with van der Waals surface area (Å²) in [4.78, 5) is 0. The second-order valence-corrected chi connectivity index (χ2v) is 5.21. The minimum absolute atomic E-state index is 1.34. The first-order valence-electron chi connectivity index (χ1n) is 7.03. The summed E-state index contributed by atoms with van der Waals surface area (Å²) in [5.74, 6) is 0. The van der Waals surface area contributed by atoms with Crippen LogP contribution >= 0.6 is 0 Å². The minimum atomic E-state index is 1.34. The van der Waals surface area contributed by atoms with E-state index >= 15 is 0 Å². The SMILES string of the molecule is C/C=C/C(C)=C(/C)C=C(C)C.C1CCCCC1. The van der Waals surface area contributed by atoms with Crippen LogP contribution in [0.2, 0.25) is 0 Å². The molecular formula is C17H30. The van der Waals surface area contributed by atoms with E-state index in [1.165, 1.54) is 55.2 Å². The minimum Gasteiger partial charge on any atom is -0.0874 e. The van der Waals surface area contributed by atoms with E-state index in [0.29, 0.717) is 0 Å². The zero-order chi connectivity index (χ0) is 13.1. The molecule has 98 valence electrons. The van der Waals surface area contributed by atoms with Crippen LogP contribution in [0.1, 0.15) is 73.1 Å². The maximum atomic E-state index is 2.20. The first kappa shape index (κ1) is 16.2. The van der Waals surface area contributed by atoms with Gasteiger partial charge in [-0.05, 0) is 45.8 Å². The number of allylic oxidation sites excluding steroid dienone is 6. The summed E-state index contributed by atoms with van der Waals surface area (Å²) in [6.45, 7) is 10.6. The van der Waals surface area contributed by atoms with Crippen LogP contribution in [0.3, 0.4) is 0 Å². The van der Waals surface area contributed by atoms with Gasteiger partial charge in [-0.15, -0.1) is 0 Å². The van der Waals surface area contributed by atoms with Crippen molar-refractivity contribution in [2.24, 2.45) is 0 Å². The molecule has 1 aliphatic carbocycles. The fraction of sp³-hybridized carbons (Fsp3) is 0.647. The van der Waals surface area contributed by atoms with Crippen molar-refractivity contribution in [3.05, 3.63) is 34.9 Å². The predicted octanol–water partition coefficient (Wildman–Crippen LogP) is 6.21. The highest BCUT2D eigenvalue weighted by molar-refractivity contribution is 5.31. The molecule has 1 fully saturated rings. The van der Waals surface area contributed by atoms with Crippen molar-refractivity contribution in [3.63, 3.8) is 0 Å². The monoisotopic (exact) mass is 234 g/mol. The van der Waals surface area contributed by atoms with Gasteiger partial charge in [0.05, 0.1) is 0 Å². The predicted molar refractivity (Wildman–Crippen MR) is 80.3 cm³/mol. The van der Waals surface area contributed by atoms with E-state index in [0.717, 1.165) is 0 Å². The third kappa shape index (κ3) is 10.1. The van der Waals surface area contributed by atoms with Crippen molar-refractivity contribution in [1.29, 1.82) is 0 Å². The Morgan fingerprint density at radius 2 is 1.12 bits per heavy atom. The van der Waals surface area contributed by atoms with Crippen molar-refractivity contribution in [2.75, 3.05) is 0 Å². The lowest BCUT2D eigenvalue weighted by Crippen LogP contribution is -1.85. The smallest absolute Gasteiger partial charge is 0.0395 e. The molecule has 0 aliphatic heterocycles. The van der Waals surface area contributed by atoms with Crippen LogP contribution in [0.5, 0.6) is 0 Å². The molecule has 0 bridgehead atoms. The molecule has 0 atom stereocenters. The highest BCUT2D eigenvalue weighted by atomic mass is 14.0. The van der Waals surface area contributed by atoms with Crippen molar-refractivity contribution in [1.82, 2.24) is 0 Å². The third-order valence-corrected chi connectivity index (χ3v) is 3.04. The van der Waals surface area contributed by atoms with Gasteiger partial charge in [-0.25, -0.2) is 0 Å². The normalized spacial score (nSPS) is 17.0. The van der Waals surface area contributed by atoms with Crippen molar-refractivity contribution in [3.8, 4) is 0 Å². The van der Waals surface area contributed by atoms with Gasteiger partial charge in [0, 0.05) is 0 Å². The summed E-state index contributed by atoms with van der Waals surface area (Å²) in [5, 5.41) is 0. The molecule has 0 nitrogen and oxygen atoms in total. The van der Waals surface area contributed by atoms with Crippen LogP contribution in [0.15, 0.2) is 34.9 Å². The van der Waals surface area contributed by atoms with Crippen LogP contribution in [0, 0.1) is 0 Å². The Morgan fingerprint density at radius 3 is 1.41 bits per heavy atom. The molecule has 0 saturated heterocycles. The second-order valence-electron chi connectivity index (χ2n) is 5.21. The topological polar surface area (TPSA) is 0 Å². The molecule has 1 aliphatic rings. The zero-order valence-electron chi connectivity index (χ0n) is 12.5. The first-order valence-corrected chi connectivity index (χ1v) is 7.03. The van der Waals surface area contributed by atoms with E-state index in [-0.39, 0.29) is 0 Å². The van der Waals surface area contributed by atoms with Gasteiger partial charge < -0.3 is 0 Å². The Morgan fingerprint density at radius 1 is 0.706 bits per heavy atom. The molecule has 0 spiro atoms. The maximum absolute atomic E-state index is 2.20. The lowest BCUT2D eigenvalue weighted by molar-refractivity contribution is 0.504. The molecule has 17 heavy (non-hydrogen) atoms. The highest BCUT2D eigenvalue weighted by Crippen LogP contribution is 2.15. The van der Waals surface area contributed by atoms with Crippen molar-refractivity contribution < 1.29 is 0 Å². The zero-order valence-corrected chi connectivity index (χ0v) is 12.5. The Hall–Kier alpha value is -0.780. The molecule has 0 N–H and O–H groups in total. The quantitative estimate of drug-likeness (QED) is 0.498. The van der Waals surface area contributed by atoms with Crippen molar-refractivity contribution in [2.45, 2.75) is 73.1 Å². The van der Waals surface area contributed by atoms with Gasteiger partial charge in [0.2, 0.25) is 0 Å². The number of hydrogen-bond acceptors (Lipinski definition) is 0. The van der Waals surface area contributed by atoms with Gasteiger partial charge in [0.25, 0.3) is 0 Å². The lowest BCUT2D eigenvalue weighted by Gasteiger charge is -2.05. The molecular weight excluding hydrogens is 204 g/mol. The maximum Gasteiger partial charge on any atom is -0.0395 e. The van der Waals surface area contributed by atoms with E-state index in [2.05, 4.69) is 45.9 Å². The van der Waals surface area contributed by atoms with Crippen molar-refractivity contribution >= 4 is 0 Å². The third-order valence-electron chi connectivity index (χ3n) is 3.04. The summed E-state index contributed by atoms with van der Waals surface area (Å²) < 4.78 is 0. The van der Waals surface area contributed by atoms with Gasteiger partial charge in [-0.1, -0.05) is 62.3 Å². The Bertz CT molecular complexity index is 257. The summed E-state index contributed by atoms with van der Waals surface area (Å²) >= 11 is 0. The van der Waals surface area contributed by atoms with Crippen LogP contribution < -0.4 is 0 Å². The summed E-state index contributed by atoms with van der Waals surface area (Å²) in [6, 6.07) is 0. The molecule has 1 saturated carbocycles. The van der Waals surface area contributed by atoms with Crippen LogP contribution in [0.4, 0.5) is 0 Å². The fourth-order valence-corrected chi connectivity index (χ4v) is 1.99. The largest absolute Gasteiger partial charge is 0.0874 e. The summed E-state index contributed by atoms with van der Waals surface area (Å²) in [6.07, 6.45) is 15.4. The van der Waals surface area contributed by atoms with Gasteiger partial charge in [-0.2, -0.15) is 0 Å².